The number of aromatic nitrogens is 1. The molecular weight excluding hydrogens is 462 g/mol. The number of thiazole rings is 1. The summed E-state index contributed by atoms with van der Waals surface area (Å²) >= 11 is 2.43. The van der Waals surface area contributed by atoms with Crippen LogP contribution >= 0.6 is 23.1 Å². The van der Waals surface area contributed by atoms with Crippen LogP contribution in [-0.2, 0) is 33.5 Å². The molecule has 172 valence electrons. The van der Waals surface area contributed by atoms with Gasteiger partial charge in [0, 0.05) is 24.6 Å². The predicted octanol–water partition coefficient (Wildman–Crippen LogP) is -0.288. The van der Waals surface area contributed by atoms with Gasteiger partial charge in [-0.3, -0.25) is 19.2 Å². The summed E-state index contributed by atoms with van der Waals surface area (Å²) in [5.74, 6) is -1.99. The summed E-state index contributed by atoms with van der Waals surface area (Å²) in [5, 5.41) is 7.77. The van der Waals surface area contributed by atoms with Crippen LogP contribution in [0.2, 0.25) is 0 Å². The molecule has 0 aliphatic carbocycles. The second-order valence-electron chi connectivity index (χ2n) is 6.86. The lowest BCUT2D eigenvalue weighted by Gasteiger charge is -2.53. The Kier molecular flexibility index (Phi) is 7.03. The number of amides is 2. The molecule has 0 aromatic carbocycles. The second kappa shape index (κ2) is 9.56. The Hall–Kier alpha value is -3.13. The number of esters is 2. The van der Waals surface area contributed by atoms with Gasteiger partial charge in [-0.2, -0.15) is 0 Å². The van der Waals surface area contributed by atoms with Crippen molar-refractivity contribution in [2.45, 2.75) is 18.3 Å². The molecule has 3 atom stereocenters. The van der Waals surface area contributed by atoms with E-state index in [1.807, 2.05) is 0 Å². The van der Waals surface area contributed by atoms with Crippen LogP contribution in [0.3, 0.4) is 0 Å². The predicted molar refractivity (Wildman–Crippen MR) is 115 cm³/mol. The number of anilines is 1. The van der Waals surface area contributed by atoms with Gasteiger partial charge in [-0.25, -0.2) is 4.98 Å². The van der Waals surface area contributed by atoms with E-state index in [0.717, 1.165) is 11.3 Å². The zero-order valence-corrected chi connectivity index (χ0v) is 18.9. The third-order valence-electron chi connectivity index (χ3n) is 4.80. The van der Waals surface area contributed by atoms with Crippen LogP contribution in [-0.4, -0.2) is 77.0 Å². The molecule has 2 amide bonds. The van der Waals surface area contributed by atoms with Gasteiger partial charge in [0.2, 0.25) is 12.7 Å². The lowest BCUT2D eigenvalue weighted by Crippen LogP contribution is -2.73. The molecule has 0 spiro atoms. The lowest BCUT2D eigenvalue weighted by atomic mass is 9.87. The highest BCUT2D eigenvalue weighted by Gasteiger charge is 2.57. The lowest BCUT2D eigenvalue weighted by molar-refractivity contribution is -0.173. The molecule has 0 saturated carbocycles. The van der Waals surface area contributed by atoms with Crippen molar-refractivity contribution in [2.75, 3.05) is 31.9 Å². The SMILES string of the molecule is C=CC1(C(=O)OCOC(C)=O)CS[C@@H]2C(NC(=O)C(=NOC)c3csc(N)n3)C(=O)N2C1. The second-order valence-corrected chi connectivity index (χ2v) is 8.85. The van der Waals surface area contributed by atoms with E-state index in [0.29, 0.717) is 0 Å². The molecule has 0 radical (unpaired) electrons. The van der Waals surface area contributed by atoms with Crippen molar-refractivity contribution in [3.63, 3.8) is 0 Å². The molecule has 3 heterocycles. The topological polar surface area (TPSA) is 163 Å². The number of fused-ring (bicyclic) bond motifs is 1. The molecule has 2 saturated heterocycles. The zero-order valence-electron chi connectivity index (χ0n) is 17.2. The molecule has 2 aliphatic rings. The summed E-state index contributed by atoms with van der Waals surface area (Å²) in [6.45, 7) is 4.40. The van der Waals surface area contributed by atoms with Gasteiger partial charge in [-0.05, 0) is 0 Å². The van der Waals surface area contributed by atoms with Crippen molar-refractivity contribution in [1.82, 2.24) is 15.2 Å². The number of carbonyl (C=O) groups is 4. The number of carbonyl (C=O) groups excluding carboxylic acids is 4. The summed E-state index contributed by atoms with van der Waals surface area (Å²) in [4.78, 5) is 59.0. The molecule has 1 aromatic rings. The Labute approximate surface area is 191 Å². The van der Waals surface area contributed by atoms with Crippen LogP contribution in [0.1, 0.15) is 12.6 Å². The van der Waals surface area contributed by atoms with Crippen molar-refractivity contribution in [3.05, 3.63) is 23.7 Å². The molecule has 1 aromatic heterocycles. The first-order chi connectivity index (χ1) is 15.2. The Balaban J connectivity index is 1.65. The van der Waals surface area contributed by atoms with Crippen LogP contribution in [0.25, 0.3) is 0 Å². The van der Waals surface area contributed by atoms with Crippen LogP contribution < -0.4 is 11.1 Å². The molecule has 3 rings (SSSR count). The Morgan fingerprint density at radius 3 is 2.81 bits per heavy atom. The van der Waals surface area contributed by atoms with Gasteiger partial charge in [-0.1, -0.05) is 11.2 Å². The minimum atomic E-state index is -1.16. The Morgan fingerprint density at radius 1 is 1.47 bits per heavy atom. The molecule has 32 heavy (non-hydrogen) atoms. The van der Waals surface area contributed by atoms with E-state index in [4.69, 9.17) is 15.3 Å². The number of thioether (sulfide) groups is 1. The fourth-order valence-electron chi connectivity index (χ4n) is 3.14. The zero-order chi connectivity index (χ0) is 23.5. The van der Waals surface area contributed by atoms with Crippen LogP contribution in [0.4, 0.5) is 5.13 Å². The van der Waals surface area contributed by atoms with Crippen molar-refractivity contribution in [1.29, 1.82) is 0 Å². The number of rotatable bonds is 8. The third-order valence-corrected chi connectivity index (χ3v) is 7.03. The van der Waals surface area contributed by atoms with Gasteiger partial charge in [-0.15, -0.1) is 29.7 Å². The minimum Gasteiger partial charge on any atom is -0.428 e. The van der Waals surface area contributed by atoms with Crippen molar-refractivity contribution in [3.8, 4) is 0 Å². The van der Waals surface area contributed by atoms with Crippen LogP contribution in [0.5, 0.6) is 0 Å². The number of ether oxygens (including phenoxy) is 2. The van der Waals surface area contributed by atoms with E-state index in [1.54, 1.807) is 5.38 Å². The molecule has 2 fully saturated rings. The number of nitrogens with one attached hydrogen (secondary N) is 1. The quantitative estimate of drug-likeness (QED) is 0.125. The highest BCUT2D eigenvalue weighted by Crippen LogP contribution is 2.43. The maximum absolute atomic E-state index is 12.7. The van der Waals surface area contributed by atoms with Crippen LogP contribution in [0, 0.1) is 5.41 Å². The molecule has 14 heteroatoms. The molecule has 12 nitrogen and oxygen atoms in total. The Morgan fingerprint density at radius 2 is 2.22 bits per heavy atom. The molecular formula is C18H21N5O7S2. The fourth-order valence-corrected chi connectivity index (χ4v) is 5.21. The van der Waals surface area contributed by atoms with Gasteiger partial charge in [0.05, 0.1) is 0 Å². The summed E-state index contributed by atoms with van der Waals surface area (Å²) < 4.78 is 9.64. The summed E-state index contributed by atoms with van der Waals surface area (Å²) in [7, 11) is 1.28. The highest BCUT2D eigenvalue weighted by atomic mass is 32.2. The fraction of sp³-hybridized carbons (Fsp3) is 0.444. The summed E-state index contributed by atoms with van der Waals surface area (Å²) in [5.41, 5.74) is 4.57. The summed E-state index contributed by atoms with van der Waals surface area (Å²) in [6.07, 6.45) is 1.42. The normalized spacial score (nSPS) is 24.6. The summed E-state index contributed by atoms with van der Waals surface area (Å²) in [6, 6.07) is -0.814. The van der Waals surface area contributed by atoms with E-state index in [1.165, 1.54) is 36.8 Å². The number of nitrogens with two attached hydrogens (primary N) is 1. The number of oxime groups is 1. The first-order valence-electron chi connectivity index (χ1n) is 9.22. The highest BCUT2D eigenvalue weighted by molar-refractivity contribution is 8.00. The third kappa shape index (κ3) is 4.55. The standard InChI is InChI=1S/C18H21N5O7S2/c1-4-18(16(27)30-8-29-9(2)24)6-23-14(26)12(15(23)32-7-18)21-13(25)11(22-28-3)10-5-31-17(19)20-10/h4-5,12,15H,1,6-8H2,2-3H3,(H2,19,20)(H,21,25)/t12?,15-,18?/m1/s1. The number of hydrogen-bond donors (Lipinski definition) is 2. The smallest absolute Gasteiger partial charge is 0.321 e. The number of β-lactam (4-membered cyclic amide) rings is 1. The number of nitrogen functional groups attached to an aromatic ring is 1. The van der Waals surface area contributed by atoms with Gasteiger partial charge in [0.25, 0.3) is 5.91 Å². The van der Waals surface area contributed by atoms with E-state index in [2.05, 4.69) is 26.8 Å². The maximum atomic E-state index is 12.7. The number of nitrogens with zero attached hydrogens (tertiary/aromatic N) is 3. The number of hydrogen-bond acceptors (Lipinski definition) is 12. The first-order valence-corrected chi connectivity index (χ1v) is 11.1. The average molecular weight is 484 g/mol. The van der Waals surface area contributed by atoms with Gasteiger partial charge in [0.1, 0.15) is 29.6 Å². The van der Waals surface area contributed by atoms with Crippen molar-refractivity contribution >= 4 is 57.7 Å². The Bertz CT molecular complexity index is 981. The molecule has 2 unspecified atom stereocenters. The van der Waals surface area contributed by atoms with Gasteiger partial charge < -0.3 is 30.3 Å². The molecule has 0 bridgehead atoms. The van der Waals surface area contributed by atoms with Crippen molar-refractivity contribution < 1.29 is 33.5 Å². The van der Waals surface area contributed by atoms with E-state index in [-0.39, 0.29) is 40.1 Å². The molecule has 2 aliphatic heterocycles. The first kappa shape index (κ1) is 23.5. The van der Waals surface area contributed by atoms with Crippen molar-refractivity contribution in [2.24, 2.45) is 10.6 Å². The van der Waals surface area contributed by atoms with E-state index in [9.17, 15) is 19.2 Å². The van der Waals surface area contributed by atoms with Gasteiger partial charge in [0.15, 0.2) is 10.8 Å². The van der Waals surface area contributed by atoms with E-state index >= 15 is 0 Å². The molecule has 3 N–H and O–H groups in total. The monoisotopic (exact) mass is 483 g/mol. The minimum absolute atomic E-state index is 0.0277. The van der Waals surface area contributed by atoms with E-state index < -0.39 is 36.1 Å². The largest absolute Gasteiger partial charge is 0.428 e. The van der Waals surface area contributed by atoms with Gasteiger partial charge >= 0.3 is 11.9 Å². The maximum Gasteiger partial charge on any atom is 0.321 e. The van der Waals surface area contributed by atoms with Crippen LogP contribution in [0.15, 0.2) is 23.2 Å². The average Bonchev–Trinajstić information content (AvgIpc) is 3.20.